The second kappa shape index (κ2) is 4.36. The van der Waals surface area contributed by atoms with Gasteiger partial charge in [-0.15, -0.1) is 0 Å². The Labute approximate surface area is 108 Å². The molecule has 1 N–H and O–H groups in total. The van der Waals surface area contributed by atoms with Crippen molar-refractivity contribution in [3.8, 4) is 0 Å². The van der Waals surface area contributed by atoms with Gasteiger partial charge in [-0.05, 0) is 43.6 Å². The third-order valence-electron chi connectivity index (χ3n) is 4.14. The molecule has 0 bridgehead atoms. The van der Waals surface area contributed by atoms with Crippen LogP contribution in [-0.2, 0) is 6.54 Å². The molecule has 1 aromatic heterocycles. The fraction of sp³-hybridized carbons (Fsp3) is 0.714. The molecule has 2 saturated carbocycles. The van der Waals surface area contributed by atoms with Crippen molar-refractivity contribution < 1.29 is 4.42 Å². The third-order valence-corrected chi connectivity index (χ3v) is 5.56. The molecule has 94 valence electrons. The Bertz CT molecular complexity index is 397. The minimum Gasteiger partial charge on any atom is -0.464 e. The summed E-state index contributed by atoms with van der Waals surface area (Å²) in [6.45, 7) is 4.29. The number of rotatable bonds is 6. The van der Waals surface area contributed by atoms with E-state index in [1.54, 1.807) is 0 Å². The second-order valence-electron chi connectivity index (χ2n) is 5.61. The lowest BCUT2D eigenvalue weighted by Gasteiger charge is -2.11. The highest BCUT2D eigenvalue weighted by Crippen LogP contribution is 2.47. The highest BCUT2D eigenvalue weighted by molar-refractivity contribution is 8.00. The molecule has 2 nitrogen and oxygen atoms in total. The Hall–Kier alpha value is -0.410. The van der Waals surface area contributed by atoms with Crippen LogP contribution in [0.3, 0.4) is 0 Å². The summed E-state index contributed by atoms with van der Waals surface area (Å²) in [5, 5.41) is 3.52. The van der Waals surface area contributed by atoms with Gasteiger partial charge in [0.1, 0.15) is 11.5 Å². The van der Waals surface area contributed by atoms with Gasteiger partial charge in [-0.2, -0.15) is 11.8 Å². The quantitative estimate of drug-likeness (QED) is 0.839. The smallest absolute Gasteiger partial charge is 0.117 e. The molecule has 0 radical (unpaired) electrons. The molecule has 0 spiro atoms. The molecular formula is C14H21NOS. The molecule has 0 aliphatic heterocycles. The van der Waals surface area contributed by atoms with Gasteiger partial charge in [0.25, 0.3) is 0 Å². The van der Waals surface area contributed by atoms with Crippen molar-refractivity contribution in [1.29, 1.82) is 0 Å². The van der Waals surface area contributed by atoms with E-state index in [-0.39, 0.29) is 0 Å². The zero-order chi connectivity index (χ0) is 11.9. The van der Waals surface area contributed by atoms with E-state index in [0.29, 0.717) is 10.7 Å². The first-order valence-electron chi connectivity index (χ1n) is 6.57. The molecule has 0 aromatic carbocycles. The van der Waals surface area contributed by atoms with Gasteiger partial charge >= 0.3 is 0 Å². The van der Waals surface area contributed by atoms with Crippen LogP contribution in [0.25, 0.3) is 0 Å². The topological polar surface area (TPSA) is 25.2 Å². The van der Waals surface area contributed by atoms with Crippen LogP contribution in [0.4, 0.5) is 0 Å². The molecule has 1 heterocycles. The summed E-state index contributed by atoms with van der Waals surface area (Å²) in [5.74, 6) is 3.81. The molecule has 0 saturated heterocycles. The molecule has 2 aliphatic carbocycles. The first-order valence-corrected chi connectivity index (χ1v) is 7.79. The summed E-state index contributed by atoms with van der Waals surface area (Å²) in [7, 11) is 0. The predicted molar refractivity (Wildman–Crippen MR) is 72.4 cm³/mol. The first kappa shape index (κ1) is 11.7. The van der Waals surface area contributed by atoms with Gasteiger partial charge in [-0.3, -0.25) is 0 Å². The number of nitrogens with one attached hydrogen (secondary N) is 1. The van der Waals surface area contributed by atoms with E-state index in [0.717, 1.165) is 24.8 Å². The summed E-state index contributed by atoms with van der Waals surface area (Å²) in [6.07, 6.45) is 6.25. The Balaban J connectivity index is 1.47. The van der Waals surface area contributed by atoms with E-state index < -0.39 is 0 Å². The maximum atomic E-state index is 5.88. The van der Waals surface area contributed by atoms with Crippen molar-refractivity contribution >= 4 is 11.8 Å². The van der Waals surface area contributed by atoms with E-state index in [1.165, 1.54) is 25.0 Å². The summed E-state index contributed by atoms with van der Waals surface area (Å²) in [4.78, 5) is 0. The number of furan rings is 1. The summed E-state index contributed by atoms with van der Waals surface area (Å²) in [6, 6.07) is 4.29. The van der Waals surface area contributed by atoms with Gasteiger partial charge in [-0.1, -0.05) is 6.92 Å². The van der Waals surface area contributed by atoms with Crippen LogP contribution in [0, 0.1) is 5.92 Å². The second-order valence-corrected chi connectivity index (χ2v) is 6.89. The van der Waals surface area contributed by atoms with Crippen LogP contribution in [0.5, 0.6) is 0 Å². The van der Waals surface area contributed by atoms with E-state index in [4.69, 9.17) is 4.42 Å². The molecule has 2 unspecified atom stereocenters. The van der Waals surface area contributed by atoms with E-state index >= 15 is 0 Å². The summed E-state index contributed by atoms with van der Waals surface area (Å²) >= 11 is 2.00. The molecule has 0 amide bonds. The maximum Gasteiger partial charge on any atom is 0.117 e. The molecular weight excluding hydrogens is 230 g/mol. The number of hydrogen-bond donors (Lipinski definition) is 1. The SMILES string of the molecule is CSC1(CNCc2ccc(C3CC3C)o2)CC1. The Morgan fingerprint density at radius 3 is 2.82 bits per heavy atom. The zero-order valence-corrected chi connectivity index (χ0v) is 11.5. The van der Waals surface area contributed by atoms with Gasteiger partial charge in [-0.25, -0.2) is 0 Å². The van der Waals surface area contributed by atoms with Crippen molar-refractivity contribution in [2.75, 3.05) is 12.8 Å². The van der Waals surface area contributed by atoms with Crippen LogP contribution in [0.1, 0.15) is 43.6 Å². The average Bonchev–Trinajstić information content (AvgIpc) is 3.21. The van der Waals surface area contributed by atoms with Crippen molar-refractivity contribution in [2.24, 2.45) is 5.92 Å². The maximum absolute atomic E-state index is 5.88. The van der Waals surface area contributed by atoms with E-state index in [1.807, 2.05) is 11.8 Å². The van der Waals surface area contributed by atoms with Crippen molar-refractivity contribution in [3.05, 3.63) is 23.7 Å². The predicted octanol–water partition coefficient (Wildman–Crippen LogP) is 3.39. The molecule has 2 atom stereocenters. The largest absolute Gasteiger partial charge is 0.464 e. The average molecular weight is 251 g/mol. The van der Waals surface area contributed by atoms with Crippen LogP contribution < -0.4 is 5.32 Å². The van der Waals surface area contributed by atoms with E-state index in [9.17, 15) is 0 Å². The van der Waals surface area contributed by atoms with E-state index in [2.05, 4.69) is 30.6 Å². The number of hydrogen-bond acceptors (Lipinski definition) is 3. The fourth-order valence-corrected chi connectivity index (χ4v) is 3.17. The first-order chi connectivity index (χ1) is 8.22. The monoisotopic (exact) mass is 251 g/mol. The minimum absolute atomic E-state index is 0.542. The summed E-state index contributed by atoms with van der Waals surface area (Å²) < 4.78 is 6.42. The van der Waals surface area contributed by atoms with Crippen LogP contribution in [0.15, 0.2) is 16.5 Å². The lowest BCUT2D eigenvalue weighted by Crippen LogP contribution is -2.25. The highest BCUT2D eigenvalue weighted by Gasteiger charge is 2.41. The molecule has 17 heavy (non-hydrogen) atoms. The molecule has 2 aliphatic rings. The van der Waals surface area contributed by atoms with Crippen LogP contribution in [-0.4, -0.2) is 17.5 Å². The van der Waals surface area contributed by atoms with Crippen molar-refractivity contribution in [1.82, 2.24) is 5.32 Å². The normalized spacial score (nSPS) is 29.3. The van der Waals surface area contributed by atoms with Crippen LogP contribution in [0.2, 0.25) is 0 Å². The molecule has 2 fully saturated rings. The third kappa shape index (κ3) is 2.55. The summed E-state index contributed by atoms with van der Waals surface area (Å²) in [5.41, 5.74) is 0. The Kier molecular flexibility index (Phi) is 2.99. The van der Waals surface area contributed by atoms with Gasteiger partial charge in [0.15, 0.2) is 0 Å². The molecule has 1 aromatic rings. The van der Waals surface area contributed by atoms with Gasteiger partial charge in [0.2, 0.25) is 0 Å². The zero-order valence-electron chi connectivity index (χ0n) is 10.7. The van der Waals surface area contributed by atoms with Gasteiger partial charge in [0.05, 0.1) is 6.54 Å². The highest BCUT2D eigenvalue weighted by atomic mass is 32.2. The molecule has 3 heteroatoms. The lowest BCUT2D eigenvalue weighted by molar-refractivity contribution is 0.444. The fourth-order valence-electron chi connectivity index (χ4n) is 2.41. The number of thioether (sulfide) groups is 1. The van der Waals surface area contributed by atoms with Gasteiger partial charge < -0.3 is 9.73 Å². The van der Waals surface area contributed by atoms with Crippen LogP contribution >= 0.6 is 11.8 Å². The van der Waals surface area contributed by atoms with Crippen molar-refractivity contribution in [3.63, 3.8) is 0 Å². The van der Waals surface area contributed by atoms with Gasteiger partial charge in [0, 0.05) is 17.2 Å². The standard InChI is InChI=1S/C14H21NOS/c1-10-7-12(10)13-4-3-11(16-13)8-15-9-14(17-2)5-6-14/h3-4,10,12,15H,5-9H2,1-2H3. The Morgan fingerprint density at radius 2 is 2.24 bits per heavy atom. The van der Waals surface area contributed by atoms with Crippen molar-refractivity contribution in [2.45, 2.75) is 43.4 Å². The lowest BCUT2D eigenvalue weighted by atomic mass is 10.3. The Morgan fingerprint density at radius 1 is 1.47 bits per heavy atom. The minimum atomic E-state index is 0.542. The molecule has 3 rings (SSSR count).